The van der Waals surface area contributed by atoms with Gasteiger partial charge in [0.05, 0.1) is 11.3 Å². The maximum absolute atomic E-state index is 13.0. The maximum Gasteiger partial charge on any atom is 0.416 e. The third kappa shape index (κ3) is 6.16. The fourth-order valence-corrected chi connectivity index (χ4v) is 4.70. The zero-order valence-electron chi connectivity index (χ0n) is 21.4. The van der Waals surface area contributed by atoms with Crippen molar-refractivity contribution in [2.75, 3.05) is 32.0 Å². The van der Waals surface area contributed by atoms with E-state index in [-0.39, 0.29) is 11.4 Å². The van der Waals surface area contributed by atoms with E-state index in [9.17, 15) is 18.0 Å². The Hall–Kier alpha value is -3.86. The van der Waals surface area contributed by atoms with Crippen LogP contribution < -0.4 is 21.7 Å². The minimum Gasteiger partial charge on any atom is -0.386 e. The van der Waals surface area contributed by atoms with Crippen molar-refractivity contribution in [3.05, 3.63) is 76.9 Å². The third-order valence-corrected chi connectivity index (χ3v) is 6.67. The number of nitrogens with two attached hydrogens (primary N) is 1. The van der Waals surface area contributed by atoms with Gasteiger partial charge in [-0.25, -0.2) is 9.98 Å². The van der Waals surface area contributed by atoms with Gasteiger partial charge in [0.1, 0.15) is 17.4 Å². The van der Waals surface area contributed by atoms with Gasteiger partial charge in [0.25, 0.3) is 5.91 Å². The summed E-state index contributed by atoms with van der Waals surface area (Å²) in [6.07, 6.45) is 1.35. The van der Waals surface area contributed by atoms with Crippen LogP contribution in [0.1, 0.15) is 47.7 Å². The first kappa shape index (κ1) is 27.2. The van der Waals surface area contributed by atoms with Crippen LogP contribution in [-0.2, 0) is 6.18 Å². The van der Waals surface area contributed by atoms with Crippen LogP contribution in [0.3, 0.4) is 0 Å². The van der Waals surface area contributed by atoms with Crippen LogP contribution in [0, 0.1) is 5.92 Å². The molecule has 2 aliphatic heterocycles. The molecule has 202 valence electrons. The number of nitrogens with zero attached hydrogens (tertiary/aromatic N) is 3. The number of pyridine rings is 1. The molecule has 1 aromatic heterocycles. The highest BCUT2D eigenvalue weighted by atomic mass is 19.4. The second-order valence-corrected chi connectivity index (χ2v) is 9.24. The summed E-state index contributed by atoms with van der Waals surface area (Å²) in [6, 6.07) is 8.41. The summed E-state index contributed by atoms with van der Waals surface area (Å²) in [5.41, 5.74) is 9.20. The van der Waals surface area contributed by atoms with E-state index < -0.39 is 17.6 Å². The number of carbonyl (C=O) groups excluding carboxylic acids is 1. The molecule has 0 bridgehead atoms. The van der Waals surface area contributed by atoms with Crippen LogP contribution in [0.15, 0.2) is 65.2 Å². The number of nitrogens with one attached hydrogen (secondary N) is 3. The number of anilines is 1. The van der Waals surface area contributed by atoms with Crippen LogP contribution in [0.2, 0.25) is 0 Å². The van der Waals surface area contributed by atoms with E-state index in [4.69, 9.17) is 5.73 Å². The van der Waals surface area contributed by atoms with Crippen LogP contribution in [0.4, 0.5) is 19.0 Å². The number of carbonyl (C=O) groups is 1. The summed E-state index contributed by atoms with van der Waals surface area (Å²) >= 11 is 0. The molecule has 1 saturated heterocycles. The molecular formula is C27H32F3N7O. The van der Waals surface area contributed by atoms with E-state index in [0.717, 1.165) is 79.9 Å². The molecule has 4 rings (SSSR count). The fourth-order valence-electron chi connectivity index (χ4n) is 4.70. The van der Waals surface area contributed by atoms with E-state index in [2.05, 4.69) is 37.8 Å². The second kappa shape index (κ2) is 11.7. The summed E-state index contributed by atoms with van der Waals surface area (Å²) in [6.45, 7) is 4.86. The Morgan fingerprint density at radius 2 is 1.95 bits per heavy atom. The Bertz CT molecular complexity index is 1250. The molecule has 0 radical (unpaired) electrons. The van der Waals surface area contributed by atoms with Crippen molar-refractivity contribution in [2.45, 2.75) is 32.4 Å². The van der Waals surface area contributed by atoms with Gasteiger partial charge < -0.3 is 26.6 Å². The third-order valence-electron chi connectivity index (χ3n) is 6.67. The largest absolute Gasteiger partial charge is 0.416 e. The monoisotopic (exact) mass is 527 g/mol. The zero-order chi connectivity index (χ0) is 27.3. The lowest BCUT2D eigenvalue weighted by Gasteiger charge is -2.37. The number of hydrogen-bond acceptors (Lipinski definition) is 7. The number of allylic oxidation sites excluding steroid dienone is 1. The summed E-state index contributed by atoms with van der Waals surface area (Å²) in [5, 5.41) is 9.15. The first-order valence-electron chi connectivity index (χ1n) is 12.6. The van der Waals surface area contributed by atoms with Crippen molar-refractivity contribution in [3.63, 3.8) is 0 Å². The average Bonchev–Trinajstić information content (AvgIpc) is 2.91. The molecule has 5 N–H and O–H groups in total. The zero-order valence-corrected chi connectivity index (χ0v) is 21.4. The SMILES string of the molecule is CCC1=CN=C(N)/C(=C(/NC)c2ccc(C(=O)Nc3cc(C(F)(F)F)ccn3)cc2)N1C[C@@H]1CCCNC1. The predicted molar refractivity (Wildman–Crippen MR) is 142 cm³/mol. The molecular weight excluding hydrogens is 495 g/mol. The minimum atomic E-state index is -4.53. The Morgan fingerprint density at radius 3 is 2.58 bits per heavy atom. The highest BCUT2D eigenvalue weighted by molar-refractivity contribution is 6.05. The highest BCUT2D eigenvalue weighted by Gasteiger charge is 2.31. The predicted octanol–water partition coefficient (Wildman–Crippen LogP) is 4.16. The average molecular weight is 528 g/mol. The molecule has 2 aromatic rings. The highest BCUT2D eigenvalue weighted by Crippen LogP contribution is 2.31. The number of hydrogen-bond donors (Lipinski definition) is 4. The maximum atomic E-state index is 13.0. The van der Waals surface area contributed by atoms with E-state index >= 15 is 0 Å². The van der Waals surface area contributed by atoms with E-state index in [1.807, 2.05) is 6.20 Å². The number of alkyl halides is 3. The molecule has 1 amide bonds. The van der Waals surface area contributed by atoms with Crippen molar-refractivity contribution in [3.8, 4) is 0 Å². The molecule has 0 aliphatic carbocycles. The van der Waals surface area contributed by atoms with Crippen LogP contribution >= 0.6 is 0 Å². The fraction of sp³-hybridized carbons (Fsp3) is 0.370. The van der Waals surface area contributed by atoms with Gasteiger partial charge in [-0.05, 0) is 68.1 Å². The molecule has 11 heteroatoms. The van der Waals surface area contributed by atoms with Crippen LogP contribution in [0.5, 0.6) is 0 Å². The minimum absolute atomic E-state index is 0.176. The smallest absolute Gasteiger partial charge is 0.386 e. The molecule has 1 atom stereocenters. The molecule has 0 saturated carbocycles. The second-order valence-electron chi connectivity index (χ2n) is 9.24. The number of aromatic nitrogens is 1. The van der Waals surface area contributed by atoms with Gasteiger partial charge in [0.2, 0.25) is 0 Å². The Labute approximate surface area is 219 Å². The lowest BCUT2D eigenvalue weighted by Crippen LogP contribution is -2.42. The molecule has 38 heavy (non-hydrogen) atoms. The summed E-state index contributed by atoms with van der Waals surface area (Å²) in [4.78, 5) is 23.2. The number of piperidine rings is 1. The van der Waals surface area contributed by atoms with E-state index in [0.29, 0.717) is 11.8 Å². The topological polar surface area (TPSA) is 108 Å². The van der Waals surface area contributed by atoms with Gasteiger partial charge in [-0.1, -0.05) is 19.1 Å². The van der Waals surface area contributed by atoms with Crippen molar-refractivity contribution in [1.29, 1.82) is 0 Å². The molecule has 0 unspecified atom stereocenters. The molecule has 2 aliphatic rings. The first-order valence-corrected chi connectivity index (χ1v) is 12.6. The standard InChI is InChI=1S/C27H32F3N7O/c1-3-21-15-35-25(31)24(37(21)16-17-5-4-11-33-14-17)23(32-2)18-6-8-19(9-7-18)26(38)36-22-13-20(10-12-34-22)27(28,29)30/h6-10,12-13,15,17,32-33H,3-5,11,14,16H2,1-2H3,(H2,31,35)(H,34,36,38)/b24-23-/t17-/m1/s1. The normalized spacial score (nSPS) is 19.4. The number of amides is 1. The van der Waals surface area contributed by atoms with Gasteiger partial charge in [-0.15, -0.1) is 0 Å². The number of benzene rings is 1. The van der Waals surface area contributed by atoms with E-state index in [1.165, 1.54) is 0 Å². The summed E-state index contributed by atoms with van der Waals surface area (Å²) < 4.78 is 39.0. The molecule has 1 fully saturated rings. The Balaban J connectivity index is 1.59. The van der Waals surface area contributed by atoms with Crippen molar-refractivity contribution in [1.82, 2.24) is 20.5 Å². The number of aliphatic imine (C=N–C) groups is 1. The van der Waals surface area contributed by atoms with Crippen molar-refractivity contribution < 1.29 is 18.0 Å². The van der Waals surface area contributed by atoms with Crippen LogP contribution in [-0.4, -0.2) is 48.3 Å². The van der Waals surface area contributed by atoms with Gasteiger partial charge in [-0.2, -0.15) is 13.2 Å². The van der Waals surface area contributed by atoms with Crippen LogP contribution in [0.25, 0.3) is 5.70 Å². The number of halogens is 3. The Kier molecular flexibility index (Phi) is 8.35. The van der Waals surface area contributed by atoms with Gasteiger partial charge in [0.15, 0.2) is 0 Å². The van der Waals surface area contributed by atoms with Gasteiger partial charge in [0, 0.05) is 37.2 Å². The summed E-state index contributed by atoms with van der Waals surface area (Å²) in [5.74, 6) is 0.120. The summed E-state index contributed by atoms with van der Waals surface area (Å²) in [7, 11) is 1.81. The molecule has 0 spiro atoms. The number of rotatable bonds is 7. The van der Waals surface area contributed by atoms with Gasteiger partial charge >= 0.3 is 6.18 Å². The lowest BCUT2D eigenvalue weighted by atomic mass is 9.97. The van der Waals surface area contributed by atoms with Crippen molar-refractivity contribution >= 4 is 23.3 Å². The van der Waals surface area contributed by atoms with E-state index in [1.54, 1.807) is 31.3 Å². The molecule has 3 heterocycles. The number of amidine groups is 1. The van der Waals surface area contributed by atoms with Crippen molar-refractivity contribution in [2.24, 2.45) is 16.6 Å². The Morgan fingerprint density at radius 1 is 1.21 bits per heavy atom. The van der Waals surface area contributed by atoms with Gasteiger partial charge in [-0.3, -0.25) is 4.79 Å². The molecule has 8 nitrogen and oxygen atoms in total. The molecule has 1 aromatic carbocycles. The first-order chi connectivity index (χ1) is 18.2. The lowest BCUT2D eigenvalue weighted by molar-refractivity contribution is -0.137. The quantitative estimate of drug-likeness (QED) is 0.431.